The number of anilines is 2. The number of benzene rings is 1. The molecule has 1 fully saturated rings. The molecule has 0 saturated carbocycles. The van der Waals surface area contributed by atoms with Gasteiger partial charge in [0.2, 0.25) is 11.8 Å². The monoisotopic (exact) mass is 300 g/mol. The fourth-order valence-corrected chi connectivity index (χ4v) is 2.53. The number of hydrogen-bond acceptors (Lipinski definition) is 4. The normalized spacial score (nSPS) is 17.6. The number of nitrogens with zero attached hydrogens (tertiary/aromatic N) is 2. The van der Waals surface area contributed by atoms with E-state index in [1.165, 1.54) is 0 Å². The topological polar surface area (TPSA) is 87.3 Å². The highest BCUT2D eigenvalue weighted by Crippen LogP contribution is 2.32. The van der Waals surface area contributed by atoms with Crippen molar-refractivity contribution in [3.63, 3.8) is 0 Å². The van der Waals surface area contributed by atoms with E-state index < -0.39 is 5.92 Å². The lowest BCUT2D eigenvalue weighted by Crippen LogP contribution is -2.28. The van der Waals surface area contributed by atoms with Gasteiger partial charge in [0.25, 0.3) is 0 Å². The summed E-state index contributed by atoms with van der Waals surface area (Å²) >= 11 is 0. The molecule has 114 valence electrons. The van der Waals surface area contributed by atoms with Crippen LogP contribution in [0.2, 0.25) is 0 Å². The molecule has 0 radical (unpaired) electrons. The van der Waals surface area contributed by atoms with Crippen molar-refractivity contribution in [2.45, 2.75) is 6.42 Å². The Morgan fingerprint density at radius 1 is 1.41 bits per heavy atom. The fraction of sp³-hybridized carbons (Fsp3) is 0.267. The molecule has 1 saturated heterocycles. The molecule has 0 spiro atoms. The number of H-pyrrole nitrogens is 1. The number of hydrogen-bond donors (Lipinski definition) is 2. The van der Waals surface area contributed by atoms with E-state index >= 15 is 0 Å². The minimum absolute atomic E-state index is 0.0886. The number of carbonyl (C=O) groups is 2. The van der Waals surface area contributed by atoms with Crippen molar-refractivity contribution in [2.75, 3.05) is 23.9 Å². The second-order valence-electron chi connectivity index (χ2n) is 5.04. The smallest absolute Gasteiger partial charge is 0.230 e. The summed E-state index contributed by atoms with van der Waals surface area (Å²) in [4.78, 5) is 26.0. The van der Waals surface area contributed by atoms with E-state index in [1.807, 2.05) is 18.2 Å². The lowest BCUT2D eigenvalue weighted by Gasteiger charge is -2.19. The largest absolute Gasteiger partial charge is 0.495 e. The highest BCUT2D eigenvalue weighted by Gasteiger charge is 2.36. The van der Waals surface area contributed by atoms with Gasteiger partial charge < -0.3 is 15.0 Å². The molecule has 0 bridgehead atoms. The highest BCUT2D eigenvalue weighted by molar-refractivity contribution is 6.03. The van der Waals surface area contributed by atoms with Crippen LogP contribution in [-0.2, 0) is 9.59 Å². The van der Waals surface area contributed by atoms with Crippen molar-refractivity contribution in [1.29, 1.82) is 0 Å². The average molecular weight is 300 g/mol. The summed E-state index contributed by atoms with van der Waals surface area (Å²) in [5, 5.41) is 9.15. The van der Waals surface area contributed by atoms with Crippen LogP contribution in [0.1, 0.15) is 6.42 Å². The molecule has 2 N–H and O–H groups in total. The number of aromatic amines is 1. The molecule has 7 heteroatoms. The molecule has 2 amide bonds. The first-order valence-corrected chi connectivity index (χ1v) is 6.92. The SMILES string of the molecule is COc1ccccc1N1CC(C(=O)Nc2ccn[nH]2)CC1=O. The van der Waals surface area contributed by atoms with Crippen LogP contribution in [-0.4, -0.2) is 35.7 Å². The van der Waals surface area contributed by atoms with Gasteiger partial charge in [-0.2, -0.15) is 5.10 Å². The molecular formula is C15H16N4O3. The predicted molar refractivity (Wildman–Crippen MR) is 80.7 cm³/mol. The van der Waals surface area contributed by atoms with E-state index in [9.17, 15) is 9.59 Å². The van der Waals surface area contributed by atoms with Crippen LogP contribution in [0.4, 0.5) is 11.5 Å². The summed E-state index contributed by atoms with van der Waals surface area (Å²) < 4.78 is 5.28. The third-order valence-electron chi connectivity index (χ3n) is 3.63. The minimum Gasteiger partial charge on any atom is -0.495 e. The second-order valence-corrected chi connectivity index (χ2v) is 5.04. The van der Waals surface area contributed by atoms with Crippen LogP contribution in [0.15, 0.2) is 36.5 Å². The lowest BCUT2D eigenvalue weighted by molar-refractivity contribution is -0.122. The molecule has 1 aliphatic rings. The maximum atomic E-state index is 12.2. The number of nitrogens with one attached hydrogen (secondary N) is 2. The Balaban J connectivity index is 1.74. The molecule has 1 aromatic carbocycles. The van der Waals surface area contributed by atoms with Gasteiger partial charge in [0, 0.05) is 19.0 Å². The van der Waals surface area contributed by atoms with Crippen molar-refractivity contribution < 1.29 is 14.3 Å². The zero-order valence-corrected chi connectivity index (χ0v) is 12.1. The zero-order chi connectivity index (χ0) is 15.5. The maximum absolute atomic E-state index is 12.2. The van der Waals surface area contributed by atoms with Crippen molar-refractivity contribution >= 4 is 23.3 Å². The van der Waals surface area contributed by atoms with Crippen LogP contribution >= 0.6 is 0 Å². The summed E-state index contributed by atoms with van der Waals surface area (Å²) in [7, 11) is 1.56. The molecule has 1 aliphatic heterocycles. The Morgan fingerprint density at radius 3 is 2.95 bits per heavy atom. The maximum Gasteiger partial charge on any atom is 0.230 e. The third-order valence-corrected chi connectivity index (χ3v) is 3.63. The summed E-state index contributed by atoms with van der Waals surface area (Å²) in [6, 6.07) is 8.94. The first-order chi connectivity index (χ1) is 10.7. The number of methoxy groups -OCH3 is 1. The summed E-state index contributed by atoms with van der Waals surface area (Å²) in [5.41, 5.74) is 0.687. The van der Waals surface area contributed by atoms with Crippen molar-refractivity contribution in [2.24, 2.45) is 5.92 Å². The van der Waals surface area contributed by atoms with Crippen molar-refractivity contribution in [3.05, 3.63) is 36.5 Å². The zero-order valence-electron chi connectivity index (χ0n) is 12.1. The van der Waals surface area contributed by atoms with Crippen LogP contribution in [0, 0.1) is 5.92 Å². The number of carbonyl (C=O) groups excluding carboxylic acids is 2. The summed E-state index contributed by atoms with van der Waals surface area (Å²) in [6.07, 6.45) is 1.73. The molecule has 1 atom stereocenters. The van der Waals surface area contributed by atoms with Gasteiger partial charge >= 0.3 is 0 Å². The van der Waals surface area contributed by atoms with E-state index in [2.05, 4.69) is 15.5 Å². The summed E-state index contributed by atoms with van der Waals surface area (Å²) in [6.45, 7) is 0.333. The van der Waals surface area contributed by atoms with Gasteiger partial charge in [-0.3, -0.25) is 14.7 Å². The highest BCUT2D eigenvalue weighted by atomic mass is 16.5. The fourth-order valence-electron chi connectivity index (χ4n) is 2.53. The van der Waals surface area contributed by atoms with Crippen molar-refractivity contribution in [1.82, 2.24) is 10.2 Å². The molecule has 2 aromatic rings. The molecular weight excluding hydrogens is 284 g/mol. The van der Waals surface area contributed by atoms with Gasteiger partial charge in [-0.15, -0.1) is 0 Å². The van der Waals surface area contributed by atoms with E-state index in [-0.39, 0.29) is 18.2 Å². The van der Waals surface area contributed by atoms with Crippen molar-refractivity contribution in [3.8, 4) is 5.75 Å². The first-order valence-electron chi connectivity index (χ1n) is 6.92. The van der Waals surface area contributed by atoms with Crippen LogP contribution < -0.4 is 15.0 Å². The Hall–Kier alpha value is -2.83. The van der Waals surface area contributed by atoms with Gasteiger partial charge in [-0.1, -0.05) is 12.1 Å². The molecule has 2 heterocycles. The van der Waals surface area contributed by atoms with Crippen LogP contribution in [0.5, 0.6) is 5.75 Å². The molecule has 0 aliphatic carbocycles. The molecule has 7 nitrogen and oxygen atoms in total. The molecule has 22 heavy (non-hydrogen) atoms. The third kappa shape index (κ3) is 2.65. The lowest BCUT2D eigenvalue weighted by atomic mass is 10.1. The Labute approximate surface area is 127 Å². The van der Waals surface area contributed by atoms with E-state index in [0.717, 1.165) is 0 Å². The van der Waals surface area contributed by atoms with Gasteiger partial charge in [0.15, 0.2) is 0 Å². The number of aromatic nitrogens is 2. The first kappa shape index (κ1) is 14.1. The van der Waals surface area contributed by atoms with Gasteiger partial charge in [0.05, 0.1) is 24.9 Å². The van der Waals surface area contributed by atoms with E-state index in [4.69, 9.17) is 4.74 Å². The average Bonchev–Trinajstić information content (AvgIpc) is 3.16. The second kappa shape index (κ2) is 5.88. The Bertz CT molecular complexity index is 684. The Kier molecular flexibility index (Phi) is 3.78. The molecule has 1 unspecified atom stereocenters. The predicted octanol–water partition coefficient (Wildman–Crippen LogP) is 1.41. The summed E-state index contributed by atoms with van der Waals surface area (Å²) in [5.74, 6) is 0.448. The van der Waals surface area contributed by atoms with Gasteiger partial charge in [0.1, 0.15) is 11.6 Å². The number of ether oxygens (including phenoxy) is 1. The molecule has 3 rings (SSSR count). The number of rotatable bonds is 4. The standard InChI is InChI=1S/C15H16N4O3/c1-22-12-5-3-2-4-11(12)19-9-10(8-14(19)20)15(21)17-13-6-7-16-18-13/h2-7,10H,8-9H2,1H3,(H2,16,17,18,21). The molecule has 1 aromatic heterocycles. The van der Waals surface area contributed by atoms with Crippen LogP contribution in [0.25, 0.3) is 0 Å². The number of para-hydroxylation sites is 2. The van der Waals surface area contributed by atoms with Gasteiger partial charge in [-0.05, 0) is 12.1 Å². The Morgan fingerprint density at radius 2 is 2.23 bits per heavy atom. The quantitative estimate of drug-likeness (QED) is 0.893. The van der Waals surface area contributed by atoms with E-state index in [1.54, 1.807) is 30.3 Å². The van der Waals surface area contributed by atoms with Crippen LogP contribution in [0.3, 0.4) is 0 Å². The minimum atomic E-state index is -0.402. The van der Waals surface area contributed by atoms with Gasteiger partial charge in [-0.25, -0.2) is 0 Å². The van der Waals surface area contributed by atoms with E-state index in [0.29, 0.717) is 23.8 Å². The number of amides is 2.